The normalized spacial score (nSPS) is 16.5. The fourth-order valence-corrected chi connectivity index (χ4v) is 4.88. The predicted octanol–water partition coefficient (Wildman–Crippen LogP) is 4.98. The molecule has 0 saturated heterocycles. The number of phenolic OH excluding ortho intramolecular Hbond substituents is 1. The highest BCUT2D eigenvalue weighted by atomic mass is 79.9. The number of phenols is 1. The topological polar surface area (TPSA) is 82.8 Å². The minimum Gasteiger partial charge on any atom is -0.506 e. The molecule has 2 aromatic carbocycles. The zero-order valence-corrected chi connectivity index (χ0v) is 20.0. The van der Waals surface area contributed by atoms with Crippen molar-refractivity contribution >= 4 is 27.5 Å². The van der Waals surface area contributed by atoms with Gasteiger partial charge in [-0.3, -0.25) is 10.2 Å². The van der Waals surface area contributed by atoms with E-state index in [2.05, 4.69) is 15.9 Å². The maximum atomic E-state index is 13.3. The zero-order valence-electron chi connectivity index (χ0n) is 18.4. The first kappa shape index (κ1) is 21.7. The molecule has 4 rings (SSSR count). The van der Waals surface area contributed by atoms with Crippen LogP contribution in [0.25, 0.3) is 0 Å². The third-order valence-electron chi connectivity index (χ3n) is 6.29. The number of rotatable bonds is 5. The number of nitrogens with one attached hydrogen (secondary N) is 1. The number of methoxy groups -OCH3 is 2. The fraction of sp³-hybridized carbons (Fsp3) is 0.417. The van der Waals surface area contributed by atoms with E-state index in [0.717, 1.165) is 24.0 Å². The molecule has 2 aliphatic rings. The van der Waals surface area contributed by atoms with Crippen LogP contribution in [0.2, 0.25) is 0 Å². The van der Waals surface area contributed by atoms with Gasteiger partial charge < -0.3 is 19.5 Å². The predicted molar refractivity (Wildman–Crippen MR) is 123 cm³/mol. The first-order valence-corrected chi connectivity index (χ1v) is 11.0. The van der Waals surface area contributed by atoms with Gasteiger partial charge in [0, 0.05) is 16.7 Å². The Labute approximate surface area is 190 Å². The second kappa shape index (κ2) is 7.26. The van der Waals surface area contributed by atoms with Gasteiger partial charge in [-0.15, -0.1) is 0 Å². The molecule has 1 aliphatic heterocycles. The summed E-state index contributed by atoms with van der Waals surface area (Å²) in [4.78, 5) is 15.2. The summed E-state index contributed by atoms with van der Waals surface area (Å²) in [5.74, 6) is 1.60. The first-order chi connectivity index (χ1) is 14.5. The number of amidine groups is 1. The highest BCUT2D eigenvalue weighted by Gasteiger charge is 2.57. The number of hydrogen-bond acceptors (Lipinski definition) is 5. The fourth-order valence-electron chi connectivity index (χ4n) is 4.42. The van der Waals surface area contributed by atoms with Crippen molar-refractivity contribution in [3.63, 3.8) is 0 Å². The zero-order chi connectivity index (χ0) is 22.7. The van der Waals surface area contributed by atoms with Crippen LogP contribution in [0.5, 0.6) is 17.2 Å². The summed E-state index contributed by atoms with van der Waals surface area (Å²) < 4.78 is 11.4. The molecule has 1 aliphatic carbocycles. The van der Waals surface area contributed by atoms with Gasteiger partial charge in [0.2, 0.25) is 0 Å². The molecular weight excluding hydrogens is 460 g/mol. The Balaban J connectivity index is 1.69. The van der Waals surface area contributed by atoms with Crippen LogP contribution in [-0.4, -0.2) is 42.4 Å². The van der Waals surface area contributed by atoms with E-state index in [1.165, 1.54) is 0 Å². The van der Waals surface area contributed by atoms with Gasteiger partial charge in [0.1, 0.15) is 11.6 Å². The van der Waals surface area contributed by atoms with Crippen molar-refractivity contribution in [2.75, 3.05) is 20.8 Å². The minimum absolute atomic E-state index is 0.0889. The third kappa shape index (κ3) is 3.39. The molecule has 0 aromatic heterocycles. The standard InChI is InChI=1S/C24H27BrN2O4/c1-23(2,3)16-8-13(9-17(25)21(16)29)18(28)12-27-22(26)14-10-19(30-4)20(31-5)11-15(14)24(27)6-7-24/h8-11,26,29H,6-7,12H2,1-5H3. The molecule has 2 aromatic rings. The number of fused-ring (bicyclic) bond motifs is 2. The van der Waals surface area contributed by atoms with E-state index in [1.807, 2.05) is 37.8 Å². The van der Waals surface area contributed by atoms with Gasteiger partial charge in [-0.25, -0.2) is 0 Å². The lowest BCUT2D eigenvalue weighted by Gasteiger charge is -2.27. The summed E-state index contributed by atoms with van der Waals surface area (Å²) in [7, 11) is 3.17. The number of halogens is 1. The van der Waals surface area contributed by atoms with E-state index in [-0.39, 0.29) is 29.0 Å². The molecule has 0 unspecified atom stereocenters. The van der Waals surface area contributed by atoms with Crippen LogP contribution in [0.1, 0.15) is 60.7 Å². The van der Waals surface area contributed by atoms with Crippen molar-refractivity contribution in [1.29, 1.82) is 5.41 Å². The van der Waals surface area contributed by atoms with Crippen LogP contribution in [-0.2, 0) is 11.0 Å². The maximum Gasteiger partial charge on any atom is 0.182 e. The Morgan fingerprint density at radius 2 is 1.77 bits per heavy atom. The Kier molecular flexibility index (Phi) is 5.08. The number of carbonyl (C=O) groups is 1. The molecule has 0 bridgehead atoms. The highest BCUT2D eigenvalue weighted by molar-refractivity contribution is 9.10. The number of aromatic hydroxyl groups is 1. The van der Waals surface area contributed by atoms with Gasteiger partial charge in [0.15, 0.2) is 17.3 Å². The first-order valence-electron chi connectivity index (χ1n) is 10.2. The van der Waals surface area contributed by atoms with Crippen molar-refractivity contribution in [3.8, 4) is 17.2 Å². The van der Waals surface area contributed by atoms with E-state index >= 15 is 0 Å². The smallest absolute Gasteiger partial charge is 0.182 e. The molecule has 1 saturated carbocycles. The number of Topliss-reactive ketones (excluding diaryl/α,β-unsaturated/α-hetero) is 1. The molecule has 6 nitrogen and oxygen atoms in total. The van der Waals surface area contributed by atoms with Gasteiger partial charge in [-0.05, 0) is 64.0 Å². The summed E-state index contributed by atoms with van der Waals surface area (Å²) in [6, 6.07) is 7.19. The van der Waals surface area contributed by atoms with Crippen molar-refractivity contribution in [2.24, 2.45) is 0 Å². The lowest BCUT2D eigenvalue weighted by molar-refractivity contribution is 0.0943. The average Bonchev–Trinajstić information content (AvgIpc) is 3.49. The monoisotopic (exact) mass is 486 g/mol. The second-order valence-corrected chi connectivity index (χ2v) is 10.1. The quantitative estimate of drug-likeness (QED) is 0.582. The van der Waals surface area contributed by atoms with Crippen LogP contribution < -0.4 is 9.47 Å². The van der Waals surface area contributed by atoms with E-state index in [1.54, 1.807) is 26.4 Å². The number of carbonyl (C=O) groups excluding carboxylic acids is 1. The Hall–Kier alpha value is -2.54. The van der Waals surface area contributed by atoms with Crippen molar-refractivity contribution in [3.05, 3.63) is 51.0 Å². The molecule has 164 valence electrons. The van der Waals surface area contributed by atoms with Gasteiger partial charge in [-0.2, -0.15) is 0 Å². The summed E-state index contributed by atoms with van der Waals surface area (Å²) in [6.45, 7) is 6.08. The SMILES string of the molecule is COc1cc2c(cc1OC)C1(CC1)N(CC(=O)c1cc(Br)c(O)c(C(C)(C)C)c1)C2=N. The largest absolute Gasteiger partial charge is 0.506 e. The minimum atomic E-state index is -0.331. The molecule has 1 spiro atoms. The molecule has 2 N–H and O–H groups in total. The number of hydrogen-bond donors (Lipinski definition) is 2. The van der Waals surface area contributed by atoms with Crippen LogP contribution in [0.4, 0.5) is 0 Å². The number of ketones is 1. The van der Waals surface area contributed by atoms with Crippen molar-refractivity contribution < 1.29 is 19.4 Å². The molecule has 7 heteroatoms. The number of benzene rings is 2. The van der Waals surface area contributed by atoms with Crippen LogP contribution in [0.3, 0.4) is 0 Å². The molecular formula is C24H27BrN2O4. The highest BCUT2D eigenvalue weighted by Crippen LogP contribution is 2.58. The lowest BCUT2D eigenvalue weighted by Crippen LogP contribution is -2.38. The van der Waals surface area contributed by atoms with Crippen LogP contribution in [0.15, 0.2) is 28.7 Å². The van der Waals surface area contributed by atoms with Crippen molar-refractivity contribution in [1.82, 2.24) is 4.90 Å². The van der Waals surface area contributed by atoms with E-state index in [4.69, 9.17) is 14.9 Å². The summed E-state index contributed by atoms with van der Waals surface area (Å²) in [5, 5.41) is 19.2. The summed E-state index contributed by atoms with van der Waals surface area (Å²) in [5.41, 5.74) is 2.38. The Morgan fingerprint density at radius 1 is 1.16 bits per heavy atom. The Morgan fingerprint density at radius 3 is 2.32 bits per heavy atom. The van der Waals surface area contributed by atoms with Gasteiger partial charge in [0.05, 0.1) is 30.8 Å². The number of ether oxygens (including phenoxy) is 2. The second-order valence-electron chi connectivity index (χ2n) is 9.25. The Bertz CT molecular complexity index is 1100. The molecule has 31 heavy (non-hydrogen) atoms. The molecule has 0 atom stereocenters. The molecule has 1 fully saturated rings. The lowest BCUT2D eigenvalue weighted by atomic mass is 9.85. The summed E-state index contributed by atoms with van der Waals surface area (Å²) >= 11 is 3.39. The third-order valence-corrected chi connectivity index (χ3v) is 6.89. The molecule has 1 heterocycles. The average molecular weight is 487 g/mol. The van der Waals surface area contributed by atoms with Gasteiger partial charge in [0.25, 0.3) is 0 Å². The molecule has 0 radical (unpaired) electrons. The van der Waals surface area contributed by atoms with Gasteiger partial charge >= 0.3 is 0 Å². The van der Waals surface area contributed by atoms with E-state index in [9.17, 15) is 9.90 Å². The molecule has 0 amide bonds. The number of nitrogens with zero attached hydrogens (tertiary/aromatic N) is 1. The van der Waals surface area contributed by atoms with Gasteiger partial charge in [-0.1, -0.05) is 20.8 Å². The maximum absolute atomic E-state index is 13.3. The summed E-state index contributed by atoms with van der Waals surface area (Å²) in [6.07, 6.45) is 1.77. The van der Waals surface area contributed by atoms with E-state index in [0.29, 0.717) is 32.9 Å². The van der Waals surface area contributed by atoms with Crippen molar-refractivity contribution in [2.45, 2.75) is 44.6 Å². The van der Waals surface area contributed by atoms with Crippen LogP contribution >= 0.6 is 15.9 Å². The van der Waals surface area contributed by atoms with Crippen LogP contribution in [0, 0.1) is 5.41 Å². The van der Waals surface area contributed by atoms with E-state index < -0.39 is 0 Å².